The molecule has 2 unspecified atom stereocenters. The molecule has 1 aromatic carbocycles. The van der Waals surface area contributed by atoms with Gasteiger partial charge in [-0.3, -0.25) is 14.6 Å². The molecule has 1 N–H and O–H groups in total. The number of carbonyl (C=O) groups is 2. The van der Waals surface area contributed by atoms with E-state index in [1.165, 1.54) is 4.90 Å². The number of amides is 1. The quantitative estimate of drug-likeness (QED) is 0.925. The van der Waals surface area contributed by atoms with Crippen molar-refractivity contribution in [1.29, 1.82) is 0 Å². The highest BCUT2D eigenvalue weighted by Gasteiger charge is 2.43. The number of aromatic nitrogens is 1. The first-order valence-electron chi connectivity index (χ1n) is 6.52. The molecule has 0 bridgehead atoms. The maximum Gasteiger partial charge on any atom is 0.309 e. The molecule has 0 saturated carbocycles. The normalized spacial score (nSPS) is 22.0. The highest BCUT2D eigenvalue weighted by atomic mass is 35.5. The smallest absolute Gasteiger partial charge is 0.309 e. The van der Waals surface area contributed by atoms with E-state index in [9.17, 15) is 14.7 Å². The van der Waals surface area contributed by atoms with Gasteiger partial charge in [0.2, 0.25) is 5.91 Å². The summed E-state index contributed by atoms with van der Waals surface area (Å²) in [6.07, 6.45) is 1.64. The highest BCUT2D eigenvalue weighted by molar-refractivity contribution is 6.35. The third-order valence-corrected chi connectivity index (χ3v) is 4.30. The lowest BCUT2D eigenvalue weighted by atomic mass is 9.92. The second kappa shape index (κ2) is 5.00. The van der Waals surface area contributed by atoms with E-state index in [0.717, 1.165) is 10.9 Å². The van der Waals surface area contributed by atoms with Crippen LogP contribution >= 0.6 is 11.6 Å². The van der Waals surface area contributed by atoms with E-state index in [2.05, 4.69) is 4.98 Å². The molecule has 1 aliphatic heterocycles. The van der Waals surface area contributed by atoms with Gasteiger partial charge in [0.25, 0.3) is 0 Å². The number of carboxylic acid groups (broad SMARTS) is 1. The van der Waals surface area contributed by atoms with Crippen LogP contribution in [-0.2, 0) is 9.59 Å². The number of carboxylic acids is 1. The predicted octanol–water partition coefficient (Wildman–Crippen LogP) is 2.49. The first kappa shape index (κ1) is 13.8. The van der Waals surface area contributed by atoms with Gasteiger partial charge in [-0.1, -0.05) is 17.7 Å². The van der Waals surface area contributed by atoms with Crippen molar-refractivity contribution in [1.82, 2.24) is 9.88 Å². The van der Waals surface area contributed by atoms with Crippen LogP contribution in [0, 0.1) is 5.92 Å². The molecule has 108 valence electrons. The molecular weight excluding hydrogens is 292 g/mol. The van der Waals surface area contributed by atoms with Gasteiger partial charge in [0.15, 0.2) is 0 Å². The Labute approximate surface area is 126 Å². The summed E-state index contributed by atoms with van der Waals surface area (Å²) in [5.74, 6) is -1.92. The lowest BCUT2D eigenvalue weighted by Crippen LogP contribution is -2.27. The van der Waals surface area contributed by atoms with Gasteiger partial charge in [-0.05, 0) is 18.2 Å². The van der Waals surface area contributed by atoms with Gasteiger partial charge >= 0.3 is 5.97 Å². The van der Waals surface area contributed by atoms with Gasteiger partial charge in [0.1, 0.15) is 0 Å². The van der Waals surface area contributed by atoms with E-state index >= 15 is 0 Å². The molecule has 0 radical (unpaired) electrons. The second-order valence-corrected chi connectivity index (χ2v) is 5.54. The maximum absolute atomic E-state index is 11.9. The van der Waals surface area contributed by atoms with Gasteiger partial charge in [0.05, 0.1) is 17.5 Å². The lowest BCUT2D eigenvalue weighted by Gasteiger charge is -2.24. The Morgan fingerprint density at radius 3 is 2.90 bits per heavy atom. The van der Waals surface area contributed by atoms with Crippen molar-refractivity contribution in [3.05, 3.63) is 41.0 Å². The minimum Gasteiger partial charge on any atom is -0.481 e. The molecule has 1 fully saturated rings. The molecule has 1 aromatic heterocycles. The largest absolute Gasteiger partial charge is 0.481 e. The van der Waals surface area contributed by atoms with Crippen LogP contribution in [0.2, 0.25) is 5.02 Å². The zero-order valence-electron chi connectivity index (χ0n) is 11.3. The summed E-state index contributed by atoms with van der Waals surface area (Å²) < 4.78 is 0. The zero-order valence-corrected chi connectivity index (χ0v) is 12.0. The molecule has 21 heavy (non-hydrogen) atoms. The molecule has 5 nitrogen and oxygen atoms in total. The lowest BCUT2D eigenvalue weighted by molar-refractivity contribution is -0.142. The molecule has 0 spiro atoms. The van der Waals surface area contributed by atoms with Crippen LogP contribution in [0.4, 0.5) is 0 Å². The van der Waals surface area contributed by atoms with Crippen molar-refractivity contribution in [2.75, 3.05) is 7.05 Å². The summed E-state index contributed by atoms with van der Waals surface area (Å²) in [5.41, 5.74) is 1.36. The van der Waals surface area contributed by atoms with Crippen LogP contribution in [0.1, 0.15) is 18.0 Å². The number of hydrogen-bond acceptors (Lipinski definition) is 3. The molecular formula is C15H13ClN2O3. The van der Waals surface area contributed by atoms with Crippen molar-refractivity contribution in [3.8, 4) is 0 Å². The highest BCUT2D eigenvalue weighted by Crippen LogP contribution is 2.40. The summed E-state index contributed by atoms with van der Waals surface area (Å²) in [6, 6.07) is 6.56. The molecule has 2 atom stereocenters. The Bertz CT molecular complexity index is 747. The van der Waals surface area contributed by atoms with E-state index in [-0.39, 0.29) is 12.3 Å². The van der Waals surface area contributed by atoms with Gasteiger partial charge in [0, 0.05) is 35.6 Å². The summed E-state index contributed by atoms with van der Waals surface area (Å²) in [4.78, 5) is 29.2. The average molecular weight is 305 g/mol. The molecule has 1 saturated heterocycles. The molecule has 2 heterocycles. The van der Waals surface area contributed by atoms with Gasteiger partial charge < -0.3 is 10.0 Å². The Kier molecular flexibility index (Phi) is 3.29. The van der Waals surface area contributed by atoms with E-state index in [4.69, 9.17) is 11.6 Å². The van der Waals surface area contributed by atoms with Crippen LogP contribution < -0.4 is 0 Å². The molecule has 1 amide bonds. The minimum absolute atomic E-state index is 0.00739. The minimum atomic E-state index is -0.975. The first-order valence-corrected chi connectivity index (χ1v) is 6.90. The standard InChI is InChI=1S/C15H13ClN2O3/c1-18-12(19)7-10(15(20)21)14(18)9-4-5-11(16)8-3-2-6-17-13(8)9/h2-6,10,14H,7H2,1H3,(H,20,21). The number of hydrogen-bond donors (Lipinski definition) is 1. The Morgan fingerprint density at radius 2 is 2.19 bits per heavy atom. The topological polar surface area (TPSA) is 70.5 Å². The third-order valence-electron chi connectivity index (χ3n) is 3.97. The second-order valence-electron chi connectivity index (χ2n) is 5.13. The van der Waals surface area contributed by atoms with Crippen molar-refractivity contribution < 1.29 is 14.7 Å². The van der Waals surface area contributed by atoms with Gasteiger partial charge in [-0.2, -0.15) is 0 Å². The van der Waals surface area contributed by atoms with Crippen LogP contribution in [-0.4, -0.2) is 33.9 Å². The van der Waals surface area contributed by atoms with E-state index in [1.807, 2.05) is 6.07 Å². The molecule has 3 rings (SSSR count). The van der Waals surface area contributed by atoms with Crippen LogP contribution in [0.3, 0.4) is 0 Å². The van der Waals surface area contributed by atoms with Crippen LogP contribution in [0.25, 0.3) is 10.9 Å². The number of fused-ring (bicyclic) bond motifs is 1. The molecule has 2 aromatic rings. The maximum atomic E-state index is 11.9. The van der Waals surface area contributed by atoms with Crippen molar-refractivity contribution in [2.24, 2.45) is 5.92 Å². The van der Waals surface area contributed by atoms with Crippen molar-refractivity contribution in [3.63, 3.8) is 0 Å². The Balaban J connectivity index is 2.21. The third kappa shape index (κ3) is 2.14. The predicted molar refractivity (Wildman–Crippen MR) is 78.0 cm³/mol. The van der Waals surface area contributed by atoms with Crippen LogP contribution in [0.15, 0.2) is 30.5 Å². The number of rotatable bonds is 2. The first-order chi connectivity index (χ1) is 10.0. The number of halogens is 1. The van der Waals surface area contributed by atoms with Crippen LogP contribution in [0.5, 0.6) is 0 Å². The van der Waals surface area contributed by atoms with E-state index < -0.39 is 17.9 Å². The SMILES string of the molecule is CN1C(=O)CC(C(=O)O)C1c1ccc(Cl)c2cccnc12. The van der Waals surface area contributed by atoms with E-state index in [0.29, 0.717) is 10.5 Å². The molecule has 1 aliphatic rings. The summed E-state index contributed by atoms with van der Waals surface area (Å²) >= 11 is 6.16. The fraction of sp³-hybridized carbons (Fsp3) is 0.267. The molecule has 0 aliphatic carbocycles. The molecule has 6 heteroatoms. The Hall–Kier alpha value is -2.14. The Morgan fingerprint density at radius 1 is 1.43 bits per heavy atom. The van der Waals surface area contributed by atoms with Gasteiger partial charge in [-0.25, -0.2) is 0 Å². The fourth-order valence-corrected chi connectivity index (χ4v) is 3.13. The monoisotopic (exact) mass is 304 g/mol. The number of likely N-dealkylation sites (tertiary alicyclic amines) is 1. The summed E-state index contributed by atoms with van der Waals surface area (Å²) in [7, 11) is 1.62. The number of benzene rings is 1. The van der Waals surface area contributed by atoms with Gasteiger partial charge in [-0.15, -0.1) is 0 Å². The number of nitrogens with zero attached hydrogens (tertiary/aromatic N) is 2. The zero-order chi connectivity index (χ0) is 15.1. The van der Waals surface area contributed by atoms with E-state index in [1.54, 1.807) is 31.4 Å². The average Bonchev–Trinajstić information content (AvgIpc) is 2.76. The number of aliphatic carboxylic acids is 1. The fourth-order valence-electron chi connectivity index (χ4n) is 2.91. The summed E-state index contributed by atoms with van der Waals surface area (Å²) in [5, 5.41) is 10.7. The summed E-state index contributed by atoms with van der Waals surface area (Å²) in [6.45, 7) is 0. The van der Waals surface area contributed by atoms with Crippen molar-refractivity contribution >= 4 is 34.4 Å². The van der Waals surface area contributed by atoms with Crippen molar-refractivity contribution in [2.45, 2.75) is 12.5 Å². The number of carbonyl (C=O) groups excluding carboxylic acids is 1. The number of pyridine rings is 1.